The van der Waals surface area contributed by atoms with Crippen LogP contribution in [0.1, 0.15) is 23.2 Å². The molecule has 0 fully saturated rings. The van der Waals surface area contributed by atoms with Gasteiger partial charge < -0.3 is 14.8 Å². The molecule has 9 heteroatoms. The van der Waals surface area contributed by atoms with E-state index in [1.165, 1.54) is 6.33 Å². The average Bonchev–Trinajstić information content (AvgIpc) is 3.33. The molecule has 0 saturated carbocycles. The molecule has 0 aliphatic heterocycles. The van der Waals surface area contributed by atoms with Gasteiger partial charge in [0.25, 0.3) is 0 Å². The minimum Gasteiger partial charge on any atom is -0.463 e. The van der Waals surface area contributed by atoms with Crippen molar-refractivity contribution in [3.05, 3.63) is 95.9 Å². The maximum absolute atomic E-state index is 12.5. The lowest BCUT2D eigenvalue weighted by molar-refractivity contribution is -0.147. The minimum absolute atomic E-state index is 0.0480. The van der Waals surface area contributed by atoms with Crippen molar-refractivity contribution in [3.63, 3.8) is 0 Å². The quantitative estimate of drug-likeness (QED) is 0.297. The van der Waals surface area contributed by atoms with Crippen molar-refractivity contribution in [1.29, 1.82) is 5.26 Å². The first kappa shape index (κ1) is 25.5. The molecule has 1 amide bonds. The molecular weight excluding hydrogens is 470 g/mol. The molecule has 0 saturated heterocycles. The Morgan fingerprint density at radius 1 is 0.973 bits per heavy atom. The Bertz CT molecular complexity index is 1370. The monoisotopic (exact) mass is 497 g/mol. The summed E-state index contributed by atoms with van der Waals surface area (Å²) in [5, 5.41) is 16.1. The summed E-state index contributed by atoms with van der Waals surface area (Å²) in [5.41, 5.74) is 3.32. The van der Waals surface area contributed by atoms with E-state index in [1.54, 1.807) is 4.52 Å². The fourth-order valence-corrected chi connectivity index (χ4v) is 3.91. The standard InChI is InChI=1S/C28H27N5O4/c29-15-16-36-24(19-37-27(35)18-22-9-5-2-6-10-22)13-11-23-12-14-25-28(30-20-31-33(23)25)32-26(34)17-21-7-3-1-4-8-21/h1-10,12,14,20,24H,11,13,16-19H2,(H,30,31,32,34). The van der Waals surface area contributed by atoms with Crippen molar-refractivity contribution in [2.75, 3.05) is 18.5 Å². The molecule has 188 valence electrons. The summed E-state index contributed by atoms with van der Waals surface area (Å²) in [4.78, 5) is 29.0. The van der Waals surface area contributed by atoms with Gasteiger partial charge in [-0.3, -0.25) is 9.59 Å². The summed E-state index contributed by atoms with van der Waals surface area (Å²) in [5.74, 6) is -0.0975. The first-order valence-electron chi connectivity index (χ1n) is 12.0. The summed E-state index contributed by atoms with van der Waals surface area (Å²) in [6.07, 6.45) is 2.41. The summed E-state index contributed by atoms with van der Waals surface area (Å²) in [6.45, 7) is -0.0536. The molecule has 0 bridgehead atoms. The summed E-state index contributed by atoms with van der Waals surface area (Å²) in [7, 11) is 0. The molecule has 0 spiro atoms. The van der Waals surface area contributed by atoms with Gasteiger partial charge in [0, 0.05) is 5.69 Å². The predicted octanol–water partition coefficient (Wildman–Crippen LogP) is 3.54. The number of fused-ring (bicyclic) bond motifs is 1. The average molecular weight is 498 g/mol. The molecule has 4 rings (SSSR count). The Morgan fingerprint density at radius 2 is 1.68 bits per heavy atom. The van der Waals surface area contributed by atoms with E-state index in [1.807, 2.05) is 78.9 Å². The van der Waals surface area contributed by atoms with Crippen molar-refractivity contribution in [2.45, 2.75) is 31.8 Å². The van der Waals surface area contributed by atoms with Crippen LogP contribution >= 0.6 is 0 Å². The topological polar surface area (TPSA) is 119 Å². The number of ether oxygens (including phenoxy) is 2. The molecule has 0 aliphatic rings. The molecule has 0 aliphatic carbocycles. The number of nitriles is 1. The van der Waals surface area contributed by atoms with Gasteiger partial charge in [-0.05, 0) is 36.1 Å². The number of nitrogens with one attached hydrogen (secondary N) is 1. The first-order valence-corrected chi connectivity index (χ1v) is 12.0. The van der Waals surface area contributed by atoms with Crippen molar-refractivity contribution >= 4 is 23.2 Å². The van der Waals surface area contributed by atoms with Crippen molar-refractivity contribution in [3.8, 4) is 6.07 Å². The second-order valence-corrected chi connectivity index (χ2v) is 8.42. The third-order valence-electron chi connectivity index (χ3n) is 5.72. The Hall–Kier alpha value is -4.55. The normalized spacial score (nSPS) is 11.5. The lowest BCUT2D eigenvalue weighted by Gasteiger charge is -2.16. The van der Waals surface area contributed by atoms with Crippen LogP contribution in [0.3, 0.4) is 0 Å². The number of hydrogen-bond donors (Lipinski definition) is 1. The number of aromatic nitrogens is 3. The second kappa shape index (κ2) is 13.0. The third kappa shape index (κ3) is 7.46. The van der Waals surface area contributed by atoms with E-state index >= 15 is 0 Å². The van der Waals surface area contributed by atoms with Crippen LogP contribution < -0.4 is 5.32 Å². The number of esters is 1. The van der Waals surface area contributed by atoms with E-state index in [4.69, 9.17) is 14.7 Å². The molecule has 0 radical (unpaired) electrons. The van der Waals surface area contributed by atoms with Crippen LogP contribution in [0.2, 0.25) is 0 Å². The SMILES string of the molecule is N#CCOC(CCc1ccc2c(NC(=O)Cc3ccccc3)ncnn12)COC(=O)Cc1ccccc1. The van der Waals surface area contributed by atoms with Crippen LogP contribution in [0.15, 0.2) is 79.1 Å². The molecule has 1 atom stereocenters. The van der Waals surface area contributed by atoms with E-state index < -0.39 is 6.10 Å². The lowest BCUT2D eigenvalue weighted by atomic mass is 10.1. The molecule has 1 N–H and O–H groups in total. The van der Waals surface area contributed by atoms with Crippen LogP contribution in [-0.4, -0.2) is 45.8 Å². The third-order valence-corrected chi connectivity index (χ3v) is 5.72. The molecule has 2 aromatic heterocycles. The van der Waals surface area contributed by atoms with E-state index in [2.05, 4.69) is 15.4 Å². The van der Waals surface area contributed by atoms with Gasteiger partial charge in [-0.1, -0.05) is 60.7 Å². The van der Waals surface area contributed by atoms with Gasteiger partial charge in [0.1, 0.15) is 25.1 Å². The summed E-state index contributed by atoms with van der Waals surface area (Å²) in [6, 6.07) is 24.5. The van der Waals surface area contributed by atoms with Gasteiger partial charge in [-0.25, -0.2) is 9.50 Å². The number of carbonyl (C=O) groups is 2. The maximum Gasteiger partial charge on any atom is 0.310 e. The zero-order valence-corrected chi connectivity index (χ0v) is 20.2. The summed E-state index contributed by atoms with van der Waals surface area (Å²) >= 11 is 0. The van der Waals surface area contributed by atoms with Gasteiger partial charge in [-0.2, -0.15) is 10.4 Å². The highest BCUT2D eigenvalue weighted by Crippen LogP contribution is 2.18. The Morgan fingerprint density at radius 3 is 2.38 bits per heavy atom. The van der Waals surface area contributed by atoms with Gasteiger partial charge in [0.2, 0.25) is 5.91 Å². The zero-order valence-electron chi connectivity index (χ0n) is 20.2. The van der Waals surface area contributed by atoms with Crippen LogP contribution in [-0.2, 0) is 38.3 Å². The molecule has 9 nitrogen and oxygen atoms in total. The lowest BCUT2D eigenvalue weighted by Crippen LogP contribution is -2.24. The van der Waals surface area contributed by atoms with Gasteiger partial charge in [0.15, 0.2) is 5.82 Å². The fourth-order valence-electron chi connectivity index (χ4n) is 3.91. The molecular formula is C28H27N5O4. The molecule has 4 aromatic rings. The molecule has 2 aromatic carbocycles. The number of rotatable bonds is 12. The number of aryl methyl sites for hydroxylation is 1. The number of hydrogen-bond acceptors (Lipinski definition) is 7. The Kier molecular flexibility index (Phi) is 8.94. The van der Waals surface area contributed by atoms with Gasteiger partial charge in [0.05, 0.1) is 25.0 Å². The van der Waals surface area contributed by atoms with Crippen molar-refractivity contribution in [2.24, 2.45) is 0 Å². The smallest absolute Gasteiger partial charge is 0.310 e. The van der Waals surface area contributed by atoms with E-state index in [9.17, 15) is 9.59 Å². The second-order valence-electron chi connectivity index (χ2n) is 8.42. The van der Waals surface area contributed by atoms with E-state index in [-0.39, 0.29) is 37.9 Å². The Balaban J connectivity index is 1.36. The zero-order chi connectivity index (χ0) is 25.9. The summed E-state index contributed by atoms with van der Waals surface area (Å²) < 4.78 is 12.7. The van der Waals surface area contributed by atoms with Gasteiger partial charge in [-0.15, -0.1) is 0 Å². The first-order chi connectivity index (χ1) is 18.1. The van der Waals surface area contributed by atoms with Crippen molar-refractivity contribution < 1.29 is 19.1 Å². The number of amides is 1. The predicted molar refractivity (Wildman–Crippen MR) is 137 cm³/mol. The van der Waals surface area contributed by atoms with Crippen molar-refractivity contribution in [1.82, 2.24) is 14.6 Å². The number of anilines is 1. The fraction of sp³-hybridized carbons (Fsp3) is 0.250. The number of benzene rings is 2. The van der Waals surface area contributed by atoms with E-state index in [0.717, 1.165) is 16.8 Å². The van der Waals surface area contributed by atoms with Crippen LogP contribution in [0.25, 0.3) is 5.52 Å². The highest BCUT2D eigenvalue weighted by atomic mass is 16.6. The van der Waals surface area contributed by atoms with Crippen LogP contribution in [0, 0.1) is 11.3 Å². The molecule has 1 unspecified atom stereocenters. The number of carbonyl (C=O) groups excluding carboxylic acids is 2. The largest absolute Gasteiger partial charge is 0.463 e. The number of nitrogens with zero attached hydrogens (tertiary/aromatic N) is 4. The minimum atomic E-state index is -0.447. The Labute approximate surface area is 214 Å². The highest BCUT2D eigenvalue weighted by molar-refractivity contribution is 5.94. The molecule has 37 heavy (non-hydrogen) atoms. The molecule has 2 heterocycles. The van der Waals surface area contributed by atoms with Crippen LogP contribution in [0.5, 0.6) is 0 Å². The van der Waals surface area contributed by atoms with Gasteiger partial charge >= 0.3 is 5.97 Å². The van der Waals surface area contributed by atoms with Crippen LogP contribution in [0.4, 0.5) is 5.82 Å². The van der Waals surface area contributed by atoms with E-state index in [0.29, 0.717) is 24.2 Å². The maximum atomic E-state index is 12.5. The highest BCUT2D eigenvalue weighted by Gasteiger charge is 2.16.